The fourth-order valence-electron chi connectivity index (χ4n) is 1.57. The average molecular weight is 289 g/mol. The van der Waals surface area contributed by atoms with E-state index in [4.69, 9.17) is 4.74 Å². The van der Waals surface area contributed by atoms with Crippen LogP contribution in [0.5, 0.6) is 5.75 Å². The average Bonchev–Trinajstić information content (AvgIpc) is 2.37. The number of nitro groups is 1. The first-order valence-corrected chi connectivity index (χ1v) is 6.79. The maximum atomic E-state index is 12.1. The van der Waals surface area contributed by atoms with Crippen LogP contribution in [0.15, 0.2) is 18.2 Å². The second-order valence-corrected chi connectivity index (χ2v) is 5.33. The molecule has 0 aliphatic carbocycles. The number of ketones is 1. The number of nitro benzene ring substituents is 1. The molecule has 0 saturated heterocycles. The Morgan fingerprint density at radius 1 is 1.33 bits per heavy atom. The van der Waals surface area contributed by atoms with Gasteiger partial charge in [0, 0.05) is 12.5 Å². The first kappa shape index (κ1) is 16.7. The predicted molar refractivity (Wildman–Crippen MR) is 80.4 cm³/mol. The van der Waals surface area contributed by atoms with Crippen molar-refractivity contribution in [3.05, 3.63) is 33.9 Å². The molecule has 0 amide bonds. The number of benzene rings is 1. The molecule has 0 fully saturated rings. The van der Waals surface area contributed by atoms with Gasteiger partial charge in [0.05, 0.1) is 22.7 Å². The second kappa shape index (κ2) is 7.44. The molecule has 112 valence electrons. The minimum atomic E-state index is -0.522. The summed E-state index contributed by atoms with van der Waals surface area (Å²) in [5.74, 6) is 5.56. The van der Waals surface area contributed by atoms with Crippen molar-refractivity contribution < 1.29 is 14.5 Å². The van der Waals surface area contributed by atoms with Crippen molar-refractivity contribution in [2.75, 3.05) is 0 Å². The largest absolute Gasteiger partial charge is 0.490 e. The lowest BCUT2D eigenvalue weighted by Crippen LogP contribution is -2.10. The molecule has 0 N–H and O–H groups in total. The zero-order valence-electron chi connectivity index (χ0n) is 12.7. The van der Waals surface area contributed by atoms with Crippen molar-refractivity contribution in [3.8, 4) is 17.6 Å². The van der Waals surface area contributed by atoms with Crippen molar-refractivity contribution in [1.29, 1.82) is 0 Å². The lowest BCUT2D eigenvalue weighted by molar-refractivity contribution is -0.384. The molecular formula is C16H19NO4. The first-order chi connectivity index (χ1) is 9.81. The molecule has 1 aromatic rings. The molecule has 0 aromatic heterocycles. The fraction of sp³-hybridized carbons (Fsp3) is 0.438. The van der Waals surface area contributed by atoms with Crippen LogP contribution in [0.1, 0.15) is 44.5 Å². The smallest absolute Gasteiger partial charge is 0.273 e. The summed E-state index contributed by atoms with van der Waals surface area (Å²) >= 11 is 0. The molecule has 0 spiro atoms. The van der Waals surface area contributed by atoms with E-state index in [1.54, 1.807) is 13.8 Å². The van der Waals surface area contributed by atoms with E-state index in [9.17, 15) is 14.9 Å². The van der Waals surface area contributed by atoms with Crippen LogP contribution in [-0.2, 0) is 0 Å². The normalized spacial score (nSPS) is 10.2. The number of nitrogens with zero attached hydrogens (tertiary/aromatic N) is 1. The minimum absolute atomic E-state index is 0.114. The third-order valence-electron chi connectivity index (χ3n) is 2.50. The van der Waals surface area contributed by atoms with Crippen LogP contribution in [0, 0.1) is 27.9 Å². The lowest BCUT2D eigenvalue weighted by Gasteiger charge is -2.12. The highest BCUT2D eigenvalue weighted by Gasteiger charge is 2.17. The van der Waals surface area contributed by atoms with E-state index in [-0.39, 0.29) is 28.9 Å². The molecule has 21 heavy (non-hydrogen) atoms. The van der Waals surface area contributed by atoms with E-state index >= 15 is 0 Å². The number of hydrogen-bond acceptors (Lipinski definition) is 4. The van der Waals surface area contributed by atoms with Gasteiger partial charge >= 0.3 is 0 Å². The molecule has 0 heterocycles. The fourth-order valence-corrected chi connectivity index (χ4v) is 1.57. The SMILES string of the molecule is CC(C)CC#CC(=O)c1ccc([N+](=O)[O-])cc1OC(C)C. The highest BCUT2D eigenvalue weighted by atomic mass is 16.6. The Labute approximate surface area is 124 Å². The highest BCUT2D eigenvalue weighted by Crippen LogP contribution is 2.26. The zero-order valence-corrected chi connectivity index (χ0v) is 12.7. The number of Topliss-reactive ketones (excluding diaryl/α,β-unsaturated/α-hetero) is 1. The topological polar surface area (TPSA) is 69.4 Å². The Morgan fingerprint density at radius 2 is 2.00 bits per heavy atom. The second-order valence-electron chi connectivity index (χ2n) is 5.33. The van der Waals surface area contributed by atoms with Crippen molar-refractivity contribution in [2.45, 2.75) is 40.2 Å². The van der Waals surface area contributed by atoms with Crippen molar-refractivity contribution in [3.63, 3.8) is 0 Å². The van der Waals surface area contributed by atoms with E-state index in [1.807, 2.05) is 13.8 Å². The van der Waals surface area contributed by atoms with Crippen LogP contribution in [-0.4, -0.2) is 16.8 Å². The molecule has 0 atom stereocenters. The van der Waals surface area contributed by atoms with Gasteiger partial charge in [0.25, 0.3) is 5.69 Å². The van der Waals surface area contributed by atoms with Gasteiger partial charge in [0.15, 0.2) is 0 Å². The summed E-state index contributed by atoms with van der Waals surface area (Å²) in [7, 11) is 0. The number of rotatable bonds is 5. The molecule has 0 unspecified atom stereocenters. The van der Waals surface area contributed by atoms with Crippen LogP contribution in [0.2, 0.25) is 0 Å². The molecule has 0 saturated carbocycles. The molecule has 0 aliphatic heterocycles. The molecule has 5 heteroatoms. The molecule has 1 rings (SSSR count). The Kier molecular flexibility index (Phi) is 5.92. The summed E-state index contributed by atoms with van der Waals surface area (Å²) in [4.78, 5) is 22.4. The molecule has 5 nitrogen and oxygen atoms in total. The van der Waals surface area contributed by atoms with Crippen molar-refractivity contribution >= 4 is 11.5 Å². The van der Waals surface area contributed by atoms with E-state index in [0.29, 0.717) is 12.3 Å². The van der Waals surface area contributed by atoms with Gasteiger partial charge < -0.3 is 4.74 Å². The summed E-state index contributed by atoms with van der Waals surface area (Å²) < 4.78 is 5.49. The Balaban J connectivity index is 3.11. The van der Waals surface area contributed by atoms with Gasteiger partial charge in [0.2, 0.25) is 5.78 Å². The van der Waals surface area contributed by atoms with E-state index in [0.717, 1.165) is 0 Å². The number of hydrogen-bond donors (Lipinski definition) is 0. The summed E-state index contributed by atoms with van der Waals surface area (Å²) in [6.07, 6.45) is 0.432. The van der Waals surface area contributed by atoms with Gasteiger partial charge in [-0.05, 0) is 31.8 Å². The number of non-ortho nitro benzene ring substituents is 1. The Morgan fingerprint density at radius 3 is 2.52 bits per heavy atom. The Bertz CT molecular complexity index is 594. The third-order valence-corrected chi connectivity index (χ3v) is 2.50. The molecule has 0 radical (unpaired) electrons. The number of carbonyl (C=O) groups excluding carboxylic acids is 1. The van der Waals surface area contributed by atoms with E-state index < -0.39 is 4.92 Å². The maximum Gasteiger partial charge on any atom is 0.273 e. The van der Waals surface area contributed by atoms with E-state index in [2.05, 4.69) is 11.8 Å². The zero-order chi connectivity index (χ0) is 16.0. The molecule has 1 aromatic carbocycles. The van der Waals surface area contributed by atoms with E-state index in [1.165, 1.54) is 18.2 Å². The summed E-state index contributed by atoms with van der Waals surface area (Å²) in [5, 5.41) is 10.8. The molecule has 0 aliphatic rings. The molecule has 0 bridgehead atoms. The van der Waals surface area contributed by atoms with Crippen LogP contribution in [0.4, 0.5) is 5.69 Å². The van der Waals surface area contributed by atoms with Crippen LogP contribution in [0.25, 0.3) is 0 Å². The number of ether oxygens (including phenoxy) is 1. The number of carbonyl (C=O) groups is 1. The van der Waals surface area contributed by atoms with Crippen LogP contribution < -0.4 is 4.74 Å². The van der Waals surface area contributed by atoms with Gasteiger partial charge in [-0.2, -0.15) is 0 Å². The minimum Gasteiger partial charge on any atom is -0.490 e. The summed E-state index contributed by atoms with van der Waals surface area (Å²) in [5.41, 5.74) is 0.142. The predicted octanol–water partition coefficient (Wildman–Crippen LogP) is 3.61. The van der Waals surface area contributed by atoms with Crippen LogP contribution >= 0.6 is 0 Å². The van der Waals surface area contributed by atoms with Crippen molar-refractivity contribution in [1.82, 2.24) is 0 Å². The van der Waals surface area contributed by atoms with Gasteiger partial charge in [0.1, 0.15) is 5.75 Å². The summed E-state index contributed by atoms with van der Waals surface area (Å²) in [6.45, 7) is 7.60. The molecular weight excluding hydrogens is 270 g/mol. The van der Waals surface area contributed by atoms with Gasteiger partial charge in [-0.15, -0.1) is 0 Å². The standard InChI is InChI=1S/C16H19NO4/c1-11(2)6-5-7-15(18)14-9-8-13(17(19)20)10-16(14)21-12(3)4/h8-12H,6H2,1-4H3. The summed E-state index contributed by atoms with van der Waals surface area (Å²) in [6, 6.07) is 3.93. The lowest BCUT2D eigenvalue weighted by atomic mass is 10.1. The van der Waals surface area contributed by atoms with Crippen LogP contribution in [0.3, 0.4) is 0 Å². The highest BCUT2D eigenvalue weighted by molar-refractivity contribution is 6.10. The maximum absolute atomic E-state index is 12.1. The van der Waals surface area contributed by atoms with Gasteiger partial charge in [-0.25, -0.2) is 0 Å². The quantitative estimate of drug-likeness (QED) is 0.273. The first-order valence-electron chi connectivity index (χ1n) is 6.79. The van der Waals surface area contributed by atoms with Crippen molar-refractivity contribution in [2.24, 2.45) is 5.92 Å². The Hall–Kier alpha value is -2.35. The van der Waals surface area contributed by atoms with Gasteiger partial charge in [-0.3, -0.25) is 14.9 Å². The van der Waals surface area contributed by atoms with Gasteiger partial charge in [-0.1, -0.05) is 19.8 Å². The monoisotopic (exact) mass is 289 g/mol. The third kappa shape index (κ3) is 5.27.